The molecule has 0 radical (unpaired) electrons. The van der Waals surface area contributed by atoms with Gasteiger partial charge in [0, 0.05) is 11.8 Å². The van der Waals surface area contributed by atoms with Gasteiger partial charge in [-0.1, -0.05) is 0 Å². The Morgan fingerprint density at radius 2 is 2.25 bits per heavy atom. The highest BCUT2D eigenvalue weighted by Crippen LogP contribution is 2.14. The molecule has 0 bridgehead atoms. The number of aliphatic hydroxyl groups excluding tert-OH is 1. The lowest BCUT2D eigenvalue weighted by Crippen LogP contribution is -1.99. The highest BCUT2D eigenvalue weighted by atomic mass is 16.5. The fraction of sp³-hybridized carbons (Fsp3) is 0.250. The Morgan fingerprint density at radius 3 is 2.88 bits per heavy atom. The van der Waals surface area contributed by atoms with Crippen molar-refractivity contribution in [2.45, 2.75) is 20.1 Å². The van der Waals surface area contributed by atoms with E-state index in [2.05, 4.69) is 4.98 Å². The molecule has 0 aliphatic rings. The van der Waals surface area contributed by atoms with Crippen LogP contribution in [0.3, 0.4) is 0 Å². The second-order valence-electron chi connectivity index (χ2n) is 3.42. The van der Waals surface area contributed by atoms with Crippen LogP contribution in [-0.2, 0) is 13.2 Å². The van der Waals surface area contributed by atoms with E-state index in [1.54, 1.807) is 18.4 Å². The van der Waals surface area contributed by atoms with Gasteiger partial charge in [0.15, 0.2) is 0 Å². The number of hydrogen-bond donors (Lipinski definition) is 1. The van der Waals surface area contributed by atoms with Gasteiger partial charge >= 0.3 is 0 Å². The first-order chi connectivity index (χ1) is 7.79. The van der Waals surface area contributed by atoms with Crippen LogP contribution in [0.1, 0.15) is 17.0 Å². The summed E-state index contributed by atoms with van der Waals surface area (Å²) in [5, 5.41) is 8.99. The van der Waals surface area contributed by atoms with Gasteiger partial charge < -0.3 is 14.3 Å². The zero-order valence-corrected chi connectivity index (χ0v) is 9.01. The summed E-state index contributed by atoms with van der Waals surface area (Å²) in [6.07, 6.45) is 1.60. The lowest BCUT2D eigenvalue weighted by molar-refractivity contribution is 0.257. The van der Waals surface area contributed by atoms with Crippen LogP contribution < -0.4 is 4.74 Å². The van der Waals surface area contributed by atoms with Crippen LogP contribution in [0.4, 0.5) is 0 Å². The topological polar surface area (TPSA) is 55.5 Å². The summed E-state index contributed by atoms with van der Waals surface area (Å²) in [6.45, 7) is 2.19. The lowest BCUT2D eigenvalue weighted by atomic mass is 10.2. The molecule has 0 saturated carbocycles. The molecule has 4 heteroatoms. The van der Waals surface area contributed by atoms with Gasteiger partial charge in [0.1, 0.15) is 12.4 Å². The molecule has 2 aromatic rings. The van der Waals surface area contributed by atoms with Gasteiger partial charge in [0.2, 0.25) is 5.88 Å². The Bertz CT molecular complexity index is 451. The minimum Gasteiger partial charge on any atom is -0.469 e. The molecule has 0 saturated heterocycles. The Labute approximate surface area is 93.5 Å². The van der Waals surface area contributed by atoms with Crippen LogP contribution in [0.2, 0.25) is 0 Å². The van der Waals surface area contributed by atoms with E-state index in [0.717, 1.165) is 17.0 Å². The molecule has 2 heterocycles. The Hall–Kier alpha value is -1.81. The third-order valence-corrected chi connectivity index (χ3v) is 2.28. The van der Waals surface area contributed by atoms with Crippen molar-refractivity contribution in [3.8, 4) is 5.88 Å². The molecule has 0 aliphatic carbocycles. The maximum atomic E-state index is 8.99. The van der Waals surface area contributed by atoms with E-state index < -0.39 is 0 Å². The summed E-state index contributed by atoms with van der Waals surface area (Å²) >= 11 is 0. The average molecular weight is 219 g/mol. The van der Waals surface area contributed by atoms with E-state index in [1.807, 2.05) is 19.1 Å². The quantitative estimate of drug-likeness (QED) is 0.855. The van der Waals surface area contributed by atoms with Crippen molar-refractivity contribution in [3.63, 3.8) is 0 Å². The van der Waals surface area contributed by atoms with E-state index >= 15 is 0 Å². The third kappa shape index (κ3) is 2.41. The summed E-state index contributed by atoms with van der Waals surface area (Å²) in [6, 6.07) is 7.20. The summed E-state index contributed by atoms with van der Waals surface area (Å²) in [7, 11) is 0. The van der Waals surface area contributed by atoms with Crippen molar-refractivity contribution in [1.29, 1.82) is 0 Å². The molecule has 0 aromatic carbocycles. The van der Waals surface area contributed by atoms with Gasteiger partial charge in [-0.15, -0.1) is 0 Å². The molecule has 0 atom stereocenters. The van der Waals surface area contributed by atoms with Crippen LogP contribution in [0.5, 0.6) is 5.88 Å². The lowest BCUT2D eigenvalue weighted by Gasteiger charge is -2.06. The summed E-state index contributed by atoms with van der Waals surface area (Å²) in [4.78, 5) is 4.22. The van der Waals surface area contributed by atoms with Crippen LogP contribution in [0.25, 0.3) is 0 Å². The molecule has 4 nitrogen and oxygen atoms in total. The van der Waals surface area contributed by atoms with E-state index in [9.17, 15) is 0 Å². The standard InChI is InChI=1S/C12H13NO3/c1-9-10(7-14)4-5-12(13-9)16-8-11-3-2-6-15-11/h2-6,14H,7-8H2,1H3. The molecule has 2 aromatic heterocycles. The van der Waals surface area contributed by atoms with Gasteiger partial charge in [-0.2, -0.15) is 0 Å². The molecular weight excluding hydrogens is 206 g/mol. The van der Waals surface area contributed by atoms with Crippen LogP contribution >= 0.6 is 0 Å². The van der Waals surface area contributed by atoms with Gasteiger partial charge in [-0.05, 0) is 30.7 Å². The van der Waals surface area contributed by atoms with Crippen molar-refractivity contribution < 1.29 is 14.3 Å². The summed E-state index contributed by atoms with van der Waals surface area (Å²) in [5.74, 6) is 1.29. The summed E-state index contributed by atoms with van der Waals surface area (Å²) in [5.41, 5.74) is 1.59. The van der Waals surface area contributed by atoms with Crippen molar-refractivity contribution in [2.24, 2.45) is 0 Å². The molecule has 1 N–H and O–H groups in total. The van der Waals surface area contributed by atoms with Crippen LogP contribution in [0.15, 0.2) is 34.9 Å². The van der Waals surface area contributed by atoms with Crippen LogP contribution in [-0.4, -0.2) is 10.1 Å². The van der Waals surface area contributed by atoms with Gasteiger partial charge in [-0.25, -0.2) is 4.98 Å². The van der Waals surface area contributed by atoms with E-state index in [1.165, 1.54) is 0 Å². The number of aliphatic hydroxyl groups is 1. The van der Waals surface area contributed by atoms with Crippen LogP contribution in [0, 0.1) is 6.92 Å². The number of pyridine rings is 1. The maximum absolute atomic E-state index is 8.99. The van der Waals surface area contributed by atoms with Gasteiger partial charge in [-0.3, -0.25) is 0 Å². The summed E-state index contributed by atoms with van der Waals surface area (Å²) < 4.78 is 10.6. The minimum absolute atomic E-state index is 0.00268. The first kappa shape index (κ1) is 10.7. The molecular formula is C12H13NO3. The Morgan fingerprint density at radius 1 is 1.38 bits per heavy atom. The first-order valence-corrected chi connectivity index (χ1v) is 5.02. The smallest absolute Gasteiger partial charge is 0.213 e. The second kappa shape index (κ2) is 4.81. The predicted octanol–water partition coefficient (Wildman–Crippen LogP) is 2.05. The number of rotatable bonds is 4. The Kier molecular flexibility index (Phi) is 3.22. The molecule has 0 fully saturated rings. The molecule has 16 heavy (non-hydrogen) atoms. The fourth-order valence-corrected chi connectivity index (χ4v) is 1.35. The number of hydrogen-bond acceptors (Lipinski definition) is 4. The second-order valence-corrected chi connectivity index (χ2v) is 3.42. The monoisotopic (exact) mass is 219 g/mol. The fourth-order valence-electron chi connectivity index (χ4n) is 1.35. The van der Waals surface area contributed by atoms with Gasteiger partial charge in [0.25, 0.3) is 0 Å². The zero-order valence-electron chi connectivity index (χ0n) is 9.01. The number of aryl methyl sites for hydroxylation is 1. The molecule has 0 aliphatic heterocycles. The predicted molar refractivity (Wildman–Crippen MR) is 57.9 cm³/mol. The van der Waals surface area contributed by atoms with E-state index in [0.29, 0.717) is 12.5 Å². The highest BCUT2D eigenvalue weighted by molar-refractivity contribution is 5.24. The molecule has 2 rings (SSSR count). The largest absolute Gasteiger partial charge is 0.469 e. The van der Waals surface area contributed by atoms with E-state index in [-0.39, 0.29) is 6.61 Å². The third-order valence-electron chi connectivity index (χ3n) is 2.28. The maximum Gasteiger partial charge on any atom is 0.213 e. The van der Waals surface area contributed by atoms with Crippen molar-refractivity contribution in [2.75, 3.05) is 0 Å². The number of furan rings is 1. The Balaban J connectivity index is 2.02. The van der Waals surface area contributed by atoms with E-state index in [4.69, 9.17) is 14.3 Å². The van der Waals surface area contributed by atoms with Gasteiger partial charge in [0.05, 0.1) is 12.9 Å². The number of nitrogens with zero attached hydrogens (tertiary/aromatic N) is 1. The molecule has 0 amide bonds. The number of aromatic nitrogens is 1. The van der Waals surface area contributed by atoms with Crippen molar-refractivity contribution >= 4 is 0 Å². The SMILES string of the molecule is Cc1nc(OCc2ccco2)ccc1CO. The van der Waals surface area contributed by atoms with Crippen molar-refractivity contribution in [1.82, 2.24) is 4.98 Å². The molecule has 84 valence electrons. The normalized spacial score (nSPS) is 10.4. The average Bonchev–Trinajstić information content (AvgIpc) is 2.79. The molecule has 0 spiro atoms. The first-order valence-electron chi connectivity index (χ1n) is 5.02. The molecule has 0 unspecified atom stereocenters. The minimum atomic E-state index is -0.00268. The number of ether oxygens (including phenoxy) is 1. The highest BCUT2D eigenvalue weighted by Gasteiger charge is 2.02. The zero-order chi connectivity index (χ0) is 11.4. The van der Waals surface area contributed by atoms with Crippen molar-refractivity contribution in [3.05, 3.63) is 47.5 Å².